The Morgan fingerprint density at radius 1 is 1.83 bits per heavy atom. The number of amidine groups is 2. The molecule has 3 N–H and O–H groups in total. The van der Waals surface area contributed by atoms with Crippen LogP contribution in [0.5, 0.6) is 0 Å². The van der Waals surface area contributed by atoms with Gasteiger partial charge in [-0.25, -0.2) is 0 Å². The summed E-state index contributed by atoms with van der Waals surface area (Å²) in [6, 6.07) is 0. The molecule has 0 radical (unpaired) electrons. The van der Waals surface area contributed by atoms with Crippen molar-refractivity contribution in [1.29, 1.82) is 5.41 Å². The molecule has 1 rings (SSSR count). The van der Waals surface area contributed by atoms with E-state index < -0.39 is 0 Å². The molecule has 0 aromatic heterocycles. The van der Waals surface area contributed by atoms with Crippen LogP contribution in [0.25, 0.3) is 0 Å². The van der Waals surface area contributed by atoms with Crippen molar-refractivity contribution in [3.05, 3.63) is 0 Å². The molecule has 1 aliphatic heterocycles. The second kappa shape index (κ2) is 1.18. The van der Waals surface area contributed by atoms with Crippen molar-refractivity contribution < 1.29 is 21.2 Å². The molecule has 0 unspecified atom stereocenters. The molecule has 6 heavy (non-hydrogen) atoms. The van der Waals surface area contributed by atoms with Crippen LogP contribution in [0.3, 0.4) is 0 Å². The fraction of sp³-hybridized carbons (Fsp3) is 0. The van der Waals surface area contributed by atoms with E-state index in [1.165, 1.54) is 0 Å². The Hall–Kier alpha value is -0.130. The summed E-state index contributed by atoms with van der Waals surface area (Å²) in [6.45, 7) is 0. The topological polar surface area (TPSA) is 62.2 Å². The summed E-state index contributed by atoms with van der Waals surface area (Å²) in [7, 11) is 0. The van der Waals surface area contributed by atoms with E-state index in [2.05, 4.69) is 4.99 Å². The number of nitrogens with one attached hydrogen (secondary N) is 1. The molecule has 0 aromatic carbocycles. The number of hydrogen-bond donors (Lipinski definition) is 2. The molecule has 4 heteroatoms. The standard InChI is InChI=1S/C2H3IN3/c4-1-3-2(5)6-1/h(H3,4,5,6)/q-1. The second-order valence-electron chi connectivity index (χ2n) is 0.820. The molecule has 0 fully saturated rings. The molecular weight excluding hydrogens is 193 g/mol. The third-order valence-electron chi connectivity index (χ3n) is 0.391. The molecule has 0 atom stereocenters. The zero-order valence-corrected chi connectivity index (χ0v) is 5.06. The van der Waals surface area contributed by atoms with Crippen LogP contribution < -0.4 is 26.9 Å². The van der Waals surface area contributed by atoms with E-state index in [4.69, 9.17) is 11.1 Å². The summed E-state index contributed by atoms with van der Waals surface area (Å²) < 4.78 is 1.20. The number of nitrogens with two attached hydrogens (primary N) is 1. The first-order valence-electron chi connectivity index (χ1n) is 1.36. The Morgan fingerprint density at radius 3 is 2.33 bits per heavy atom. The Labute approximate surface area is 45.4 Å². The number of aliphatic imine (C=N–C) groups is 1. The first kappa shape index (κ1) is 4.04. The van der Waals surface area contributed by atoms with Crippen LogP contribution in [0.1, 0.15) is 0 Å². The SMILES string of the molecule is N=C1N=C(N)[I-]1. The van der Waals surface area contributed by atoms with Gasteiger partial charge in [0.2, 0.25) is 0 Å². The van der Waals surface area contributed by atoms with Crippen LogP contribution in [-0.2, 0) is 0 Å². The first-order chi connectivity index (χ1) is 2.79. The second-order valence-corrected chi connectivity index (χ2v) is 3.49. The predicted molar refractivity (Wildman–Crippen MR) is 19.3 cm³/mol. The van der Waals surface area contributed by atoms with Gasteiger partial charge in [0.05, 0.1) is 0 Å². The normalized spacial score (nSPS) is 20.7. The third kappa shape index (κ3) is 0.515. The van der Waals surface area contributed by atoms with Crippen molar-refractivity contribution in [2.24, 2.45) is 10.7 Å². The zero-order valence-electron chi connectivity index (χ0n) is 2.90. The van der Waals surface area contributed by atoms with Crippen LogP contribution in [0, 0.1) is 5.41 Å². The van der Waals surface area contributed by atoms with Crippen LogP contribution in [0.15, 0.2) is 4.99 Å². The van der Waals surface area contributed by atoms with Gasteiger partial charge in [0, 0.05) is 0 Å². The van der Waals surface area contributed by atoms with Gasteiger partial charge < -0.3 is 0 Å². The monoisotopic (exact) mass is 196 g/mol. The maximum atomic E-state index is 6.74. The number of halogens is 1. The van der Waals surface area contributed by atoms with Gasteiger partial charge in [-0.05, 0) is 0 Å². The van der Waals surface area contributed by atoms with Crippen LogP contribution >= 0.6 is 0 Å². The molecule has 0 amide bonds. The first-order valence-corrected chi connectivity index (χ1v) is 3.52. The van der Waals surface area contributed by atoms with Gasteiger partial charge in [0.1, 0.15) is 0 Å². The summed E-state index contributed by atoms with van der Waals surface area (Å²) in [6.07, 6.45) is 0. The summed E-state index contributed by atoms with van der Waals surface area (Å²) in [5.41, 5.74) is 5.13. The van der Waals surface area contributed by atoms with Gasteiger partial charge in [0.25, 0.3) is 0 Å². The third-order valence-corrected chi connectivity index (χ3v) is 1.94. The minimum atomic E-state index is -0.223. The summed E-state index contributed by atoms with van der Waals surface area (Å²) in [5.74, 6) is 0. The van der Waals surface area contributed by atoms with Crippen LogP contribution in [-0.4, -0.2) is 7.68 Å². The fourth-order valence-corrected chi connectivity index (χ4v) is 1.11. The molecule has 0 aromatic rings. The molecule has 34 valence electrons. The number of nitrogens with zero attached hydrogens (tertiary/aromatic N) is 1. The fourth-order valence-electron chi connectivity index (χ4n) is 0.193. The summed E-state index contributed by atoms with van der Waals surface area (Å²) >= 11 is -0.223. The van der Waals surface area contributed by atoms with Crippen LogP contribution in [0.2, 0.25) is 0 Å². The van der Waals surface area contributed by atoms with Gasteiger partial charge in [-0.2, -0.15) is 0 Å². The summed E-state index contributed by atoms with van der Waals surface area (Å²) in [4.78, 5) is 3.55. The Bertz CT molecular complexity index is 116. The van der Waals surface area contributed by atoms with Crippen molar-refractivity contribution >= 4 is 7.68 Å². The Kier molecular flexibility index (Phi) is 0.793. The van der Waals surface area contributed by atoms with Crippen molar-refractivity contribution in [1.82, 2.24) is 0 Å². The van der Waals surface area contributed by atoms with Gasteiger partial charge in [-0.1, -0.05) is 0 Å². The van der Waals surface area contributed by atoms with Crippen molar-refractivity contribution in [2.45, 2.75) is 0 Å². The van der Waals surface area contributed by atoms with Crippen molar-refractivity contribution in [2.75, 3.05) is 0 Å². The molecule has 0 aliphatic carbocycles. The molecule has 1 aliphatic rings. The molecule has 3 nitrogen and oxygen atoms in total. The maximum absolute atomic E-state index is 6.74. The van der Waals surface area contributed by atoms with Gasteiger partial charge in [0.15, 0.2) is 0 Å². The van der Waals surface area contributed by atoms with E-state index in [-0.39, 0.29) is 21.2 Å². The van der Waals surface area contributed by atoms with E-state index >= 15 is 0 Å². The average molecular weight is 196 g/mol. The van der Waals surface area contributed by atoms with Crippen LogP contribution in [0.4, 0.5) is 0 Å². The van der Waals surface area contributed by atoms with E-state index in [9.17, 15) is 0 Å². The zero-order chi connectivity index (χ0) is 4.57. The Balaban J connectivity index is 2.68. The van der Waals surface area contributed by atoms with E-state index in [0.717, 1.165) is 0 Å². The van der Waals surface area contributed by atoms with Gasteiger partial charge >= 0.3 is 45.0 Å². The number of hydrogen-bond acceptors (Lipinski definition) is 2. The molecule has 1 heterocycles. The predicted octanol–water partition coefficient (Wildman–Crippen LogP) is -3.66. The van der Waals surface area contributed by atoms with Gasteiger partial charge in [-0.15, -0.1) is 0 Å². The quantitative estimate of drug-likeness (QED) is 0.304. The van der Waals surface area contributed by atoms with Gasteiger partial charge in [-0.3, -0.25) is 0 Å². The minimum absolute atomic E-state index is 0.223. The van der Waals surface area contributed by atoms with E-state index in [1.807, 2.05) is 0 Å². The van der Waals surface area contributed by atoms with E-state index in [0.29, 0.717) is 7.68 Å². The molecule has 0 bridgehead atoms. The molecule has 0 saturated heterocycles. The summed E-state index contributed by atoms with van der Waals surface area (Å²) in [5, 5.41) is 6.74. The van der Waals surface area contributed by atoms with Crippen molar-refractivity contribution in [3.63, 3.8) is 0 Å². The van der Waals surface area contributed by atoms with E-state index in [1.54, 1.807) is 0 Å². The molecular formula is C2H3IN3-. The number of rotatable bonds is 0. The van der Waals surface area contributed by atoms with Crippen molar-refractivity contribution in [3.8, 4) is 0 Å². The Morgan fingerprint density at radius 2 is 2.33 bits per heavy atom. The average Bonchev–Trinajstić information content (AvgIpc) is 1.33. The molecule has 0 spiro atoms. The molecule has 0 saturated carbocycles.